The van der Waals surface area contributed by atoms with Gasteiger partial charge in [0.15, 0.2) is 0 Å². The van der Waals surface area contributed by atoms with Crippen LogP contribution in [0.15, 0.2) is 24.3 Å². The molecular formula is C19H31BN2O2. The maximum atomic E-state index is 6.13. The van der Waals surface area contributed by atoms with Crippen molar-refractivity contribution in [2.75, 3.05) is 33.2 Å². The van der Waals surface area contributed by atoms with E-state index in [0.717, 1.165) is 25.1 Å². The van der Waals surface area contributed by atoms with Gasteiger partial charge in [-0.2, -0.15) is 0 Å². The highest BCUT2D eigenvalue weighted by Crippen LogP contribution is 2.36. The van der Waals surface area contributed by atoms with Crippen molar-refractivity contribution in [1.82, 2.24) is 9.80 Å². The summed E-state index contributed by atoms with van der Waals surface area (Å²) in [5, 5.41) is 0. The normalized spacial score (nSPS) is 25.0. The molecule has 0 amide bonds. The quantitative estimate of drug-likeness (QED) is 0.793. The van der Waals surface area contributed by atoms with Gasteiger partial charge in [-0.1, -0.05) is 24.3 Å². The first-order valence-electron chi connectivity index (χ1n) is 9.12. The molecule has 0 bridgehead atoms. The molecule has 4 nitrogen and oxygen atoms in total. The molecule has 24 heavy (non-hydrogen) atoms. The van der Waals surface area contributed by atoms with Gasteiger partial charge in [-0.25, -0.2) is 0 Å². The van der Waals surface area contributed by atoms with Crippen molar-refractivity contribution in [3.8, 4) is 0 Å². The molecule has 2 fully saturated rings. The molecule has 132 valence electrons. The second-order valence-corrected chi connectivity index (χ2v) is 8.26. The number of rotatable bonds is 3. The zero-order valence-electron chi connectivity index (χ0n) is 15.8. The molecular weight excluding hydrogens is 299 g/mol. The summed E-state index contributed by atoms with van der Waals surface area (Å²) in [7, 11) is 1.94. The summed E-state index contributed by atoms with van der Waals surface area (Å²) in [6.45, 7) is 14.1. The first-order chi connectivity index (χ1) is 11.3. The fourth-order valence-electron chi connectivity index (χ4n) is 3.28. The van der Waals surface area contributed by atoms with E-state index in [1.807, 2.05) is 0 Å². The van der Waals surface area contributed by atoms with Crippen LogP contribution in [-0.2, 0) is 15.9 Å². The van der Waals surface area contributed by atoms with Crippen LogP contribution in [0.25, 0.3) is 0 Å². The lowest BCUT2D eigenvalue weighted by Gasteiger charge is -2.32. The predicted molar refractivity (Wildman–Crippen MR) is 99.5 cm³/mol. The van der Waals surface area contributed by atoms with Gasteiger partial charge in [0, 0.05) is 19.6 Å². The van der Waals surface area contributed by atoms with Gasteiger partial charge in [-0.15, -0.1) is 0 Å². The lowest BCUT2D eigenvalue weighted by molar-refractivity contribution is 0.00578. The van der Waals surface area contributed by atoms with E-state index in [0.29, 0.717) is 0 Å². The first-order valence-corrected chi connectivity index (χ1v) is 9.12. The monoisotopic (exact) mass is 330 g/mol. The van der Waals surface area contributed by atoms with Gasteiger partial charge in [-0.3, -0.25) is 4.90 Å². The topological polar surface area (TPSA) is 24.9 Å². The third-order valence-corrected chi connectivity index (χ3v) is 5.72. The summed E-state index contributed by atoms with van der Waals surface area (Å²) in [6, 6.07) is 8.74. The van der Waals surface area contributed by atoms with Gasteiger partial charge in [0.1, 0.15) is 0 Å². The average molecular weight is 330 g/mol. The van der Waals surface area contributed by atoms with E-state index in [1.165, 1.54) is 25.1 Å². The van der Waals surface area contributed by atoms with Crippen molar-refractivity contribution in [2.24, 2.45) is 0 Å². The molecule has 0 radical (unpaired) electrons. The van der Waals surface area contributed by atoms with Crippen LogP contribution < -0.4 is 5.46 Å². The van der Waals surface area contributed by atoms with Crippen molar-refractivity contribution in [3.63, 3.8) is 0 Å². The number of benzene rings is 1. The highest BCUT2D eigenvalue weighted by atomic mass is 16.7. The van der Waals surface area contributed by atoms with E-state index in [1.54, 1.807) is 0 Å². The molecule has 0 aliphatic carbocycles. The maximum absolute atomic E-state index is 6.13. The minimum absolute atomic E-state index is 0.268. The second-order valence-electron chi connectivity index (χ2n) is 8.26. The molecule has 0 atom stereocenters. The molecule has 2 aliphatic rings. The van der Waals surface area contributed by atoms with E-state index < -0.39 is 0 Å². The Morgan fingerprint density at radius 1 is 0.917 bits per heavy atom. The Kier molecular flexibility index (Phi) is 5.08. The van der Waals surface area contributed by atoms with Crippen LogP contribution in [0.3, 0.4) is 0 Å². The lowest BCUT2D eigenvalue weighted by atomic mass is 9.79. The number of nitrogens with zero attached hydrogens (tertiary/aromatic N) is 2. The van der Waals surface area contributed by atoms with Crippen LogP contribution in [0.4, 0.5) is 0 Å². The highest BCUT2D eigenvalue weighted by Gasteiger charge is 2.51. The number of likely N-dealkylation sites (N-methyl/N-ethyl adjacent to an activating group) is 1. The summed E-state index contributed by atoms with van der Waals surface area (Å²) >= 11 is 0. The van der Waals surface area contributed by atoms with Crippen LogP contribution in [0.5, 0.6) is 0 Å². The van der Waals surface area contributed by atoms with Crippen molar-refractivity contribution >= 4 is 12.6 Å². The summed E-state index contributed by atoms with van der Waals surface area (Å²) in [5.74, 6) is 0. The fraction of sp³-hybridized carbons (Fsp3) is 0.684. The van der Waals surface area contributed by atoms with E-state index in [-0.39, 0.29) is 18.3 Å². The Morgan fingerprint density at radius 2 is 1.54 bits per heavy atom. The highest BCUT2D eigenvalue weighted by molar-refractivity contribution is 6.62. The molecule has 0 unspecified atom stereocenters. The Labute approximate surface area is 147 Å². The fourth-order valence-corrected chi connectivity index (χ4v) is 3.28. The molecule has 2 saturated heterocycles. The van der Waals surface area contributed by atoms with Crippen LogP contribution in [-0.4, -0.2) is 61.3 Å². The van der Waals surface area contributed by atoms with Gasteiger partial charge in [-0.05, 0) is 65.3 Å². The minimum Gasteiger partial charge on any atom is -0.399 e. The Balaban J connectivity index is 1.62. The Bertz CT molecular complexity index is 543. The van der Waals surface area contributed by atoms with Gasteiger partial charge in [0.25, 0.3) is 0 Å². The van der Waals surface area contributed by atoms with E-state index in [4.69, 9.17) is 9.31 Å². The van der Waals surface area contributed by atoms with Gasteiger partial charge in [0.2, 0.25) is 0 Å². The third kappa shape index (κ3) is 3.85. The zero-order chi connectivity index (χ0) is 17.4. The standard InChI is InChI=1S/C19H31BN2O2/c1-18(2)19(3,4)24-20(23-18)17-9-7-16(8-10-17)15-22-12-6-11-21(5)13-14-22/h7-10H,6,11-15H2,1-5H3. The molecule has 5 heteroatoms. The van der Waals surface area contributed by atoms with E-state index in [2.05, 4.69) is 68.8 Å². The Morgan fingerprint density at radius 3 is 2.17 bits per heavy atom. The van der Waals surface area contributed by atoms with Crippen molar-refractivity contribution < 1.29 is 9.31 Å². The lowest BCUT2D eigenvalue weighted by Crippen LogP contribution is -2.41. The maximum Gasteiger partial charge on any atom is 0.494 e. The molecule has 2 aliphatic heterocycles. The summed E-state index contributed by atoms with van der Waals surface area (Å²) in [4.78, 5) is 4.97. The minimum atomic E-state index is -0.283. The van der Waals surface area contributed by atoms with Crippen molar-refractivity contribution in [3.05, 3.63) is 29.8 Å². The van der Waals surface area contributed by atoms with E-state index >= 15 is 0 Å². The van der Waals surface area contributed by atoms with Crippen LogP contribution in [0.1, 0.15) is 39.7 Å². The number of hydrogen-bond donors (Lipinski definition) is 0. The summed E-state index contributed by atoms with van der Waals surface area (Å²) < 4.78 is 12.3. The van der Waals surface area contributed by atoms with Gasteiger partial charge < -0.3 is 14.2 Å². The predicted octanol–water partition coefficient (Wildman–Crippen LogP) is 2.12. The van der Waals surface area contributed by atoms with Crippen LogP contribution in [0, 0.1) is 0 Å². The Hall–Kier alpha value is -0.875. The first kappa shape index (κ1) is 17.9. The largest absolute Gasteiger partial charge is 0.494 e. The van der Waals surface area contributed by atoms with Crippen LogP contribution >= 0.6 is 0 Å². The van der Waals surface area contributed by atoms with E-state index in [9.17, 15) is 0 Å². The molecule has 0 saturated carbocycles. The molecule has 1 aromatic carbocycles. The average Bonchev–Trinajstić information content (AvgIpc) is 2.64. The molecule has 0 spiro atoms. The smallest absolute Gasteiger partial charge is 0.399 e. The summed E-state index contributed by atoms with van der Waals surface area (Å²) in [6.07, 6.45) is 1.25. The molecule has 0 N–H and O–H groups in total. The van der Waals surface area contributed by atoms with Crippen LogP contribution in [0.2, 0.25) is 0 Å². The molecule has 1 aromatic rings. The third-order valence-electron chi connectivity index (χ3n) is 5.72. The van der Waals surface area contributed by atoms with Crippen molar-refractivity contribution in [2.45, 2.75) is 51.9 Å². The zero-order valence-corrected chi connectivity index (χ0v) is 15.8. The molecule has 0 aromatic heterocycles. The number of hydrogen-bond acceptors (Lipinski definition) is 4. The second kappa shape index (κ2) is 6.79. The van der Waals surface area contributed by atoms with Gasteiger partial charge in [0.05, 0.1) is 11.2 Å². The summed E-state index contributed by atoms with van der Waals surface area (Å²) in [5.41, 5.74) is 1.90. The SMILES string of the molecule is CN1CCCN(Cc2ccc(B3OC(C)(C)C(C)(C)O3)cc2)CC1. The molecule has 3 rings (SSSR count). The van der Waals surface area contributed by atoms with Crippen molar-refractivity contribution in [1.29, 1.82) is 0 Å². The van der Waals surface area contributed by atoms with Gasteiger partial charge >= 0.3 is 7.12 Å². The molecule has 2 heterocycles.